The van der Waals surface area contributed by atoms with E-state index in [1.54, 1.807) is 13.1 Å². The maximum Gasteiger partial charge on any atom is 0.443 e. The topological polar surface area (TPSA) is 38.1 Å². The minimum atomic E-state index is -4.41. The van der Waals surface area contributed by atoms with Crippen LogP contribution in [0.15, 0.2) is 27.6 Å². The van der Waals surface area contributed by atoms with Gasteiger partial charge in [-0.05, 0) is 29.0 Å². The van der Waals surface area contributed by atoms with Crippen molar-refractivity contribution >= 4 is 27.3 Å². The molecule has 0 radical (unpaired) electrons. The van der Waals surface area contributed by atoms with Crippen molar-refractivity contribution in [3.63, 3.8) is 0 Å². The predicted molar refractivity (Wildman–Crippen MR) is 64.4 cm³/mol. The smallest absolute Gasteiger partial charge is 0.443 e. The zero-order valence-corrected chi connectivity index (χ0v) is 11.5. The van der Waals surface area contributed by atoms with E-state index in [-0.39, 0.29) is 6.04 Å². The molecule has 2 aromatic heterocycles. The zero-order chi connectivity index (χ0) is 13.3. The molecule has 0 aromatic carbocycles. The Bertz CT molecular complexity index is 537. The standard InChI is InChI=1S/C10H8BrF3N2OS/c1-15-7(5-2-3-17-8(5)11)6-4-16-9(18-6)10(12,13)14/h2-4,7,15H,1H3. The van der Waals surface area contributed by atoms with Crippen molar-refractivity contribution < 1.29 is 17.6 Å². The van der Waals surface area contributed by atoms with Gasteiger partial charge in [-0.1, -0.05) is 0 Å². The number of hydrogen-bond acceptors (Lipinski definition) is 4. The summed E-state index contributed by atoms with van der Waals surface area (Å²) in [4.78, 5) is 3.88. The lowest BCUT2D eigenvalue weighted by molar-refractivity contribution is -0.137. The molecule has 0 spiro atoms. The van der Waals surface area contributed by atoms with E-state index < -0.39 is 11.2 Å². The Morgan fingerprint density at radius 2 is 2.22 bits per heavy atom. The van der Waals surface area contributed by atoms with Crippen LogP contribution in [0, 0.1) is 0 Å². The number of aromatic nitrogens is 1. The van der Waals surface area contributed by atoms with E-state index in [0.29, 0.717) is 20.9 Å². The Labute approximate surface area is 113 Å². The molecule has 0 aliphatic carbocycles. The fourth-order valence-corrected chi connectivity index (χ4v) is 2.89. The first kappa shape index (κ1) is 13.6. The van der Waals surface area contributed by atoms with Crippen LogP contribution >= 0.6 is 27.3 Å². The van der Waals surface area contributed by atoms with Gasteiger partial charge in [-0.2, -0.15) is 13.2 Å². The molecule has 0 saturated carbocycles. The number of rotatable bonds is 3. The maximum absolute atomic E-state index is 12.5. The Hall–Kier alpha value is -0.860. The molecule has 0 amide bonds. The lowest BCUT2D eigenvalue weighted by Crippen LogP contribution is -2.16. The summed E-state index contributed by atoms with van der Waals surface area (Å²) in [6.45, 7) is 0. The van der Waals surface area contributed by atoms with Crippen LogP contribution in [-0.2, 0) is 6.18 Å². The molecule has 0 aliphatic rings. The molecule has 0 saturated heterocycles. The molecule has 8 heteroatoms. The van der Waals surface area contributed by atoms with Crippen LogP contribution in [-0.4, -0.2) is 12.0 Å². The minimum Gasteiger partial charge on any atom is -0.457 e. The van der Waals surface area contributed by atoms with Crippen molar-refractivity contribution in [2.45, 2.75) is 12.2 Å². The second-order valence-corrected chi connectivity index (χ2v) is 5.22. The molecule has 2 rings (SSSR count). The summed E-state index contributed by atoms with van der Waals surface area (Å²) >= 11 is 3.82. The van der Waals surface area contributed by atoms with E-state index in [0.717, 1.165) is 5.56 Å². The van der Waals surface area contributed by atoms with E-state index in [4.69, 9.17) is 4.42 Å². The molecule has 2 aromatic rings. The van der Waals surface area contributed by atoms with E-state index in [2.05, 4.69) is 26.2 Å². The summed E-state index contributed by atoms with van der Waals surface area (Å²) in [5.74, 6) is 0. The van der Waals surface area contributed by atoms with Crippen LogP contribution < -0.4 is 5.32 Å². The Morgan fingerprint density at radius 1 is 1.50 bits per heavy atom. The second-order valence-electron chi connectivity index (χ2n) is 3.44. The van der Waals surface area contributed by atoms with Crippen molar-refractivity contribution in [2.24, 2.45) is 0 Å². The summed E-state index contributed by atoms with van der Waals surface area (Å²) in [6, 6.07) is 1.31. The highest BCUT2D eigenvalue weighted by Crippen LogP contribution is 2.37. The molecule has 0 fully saturated rings. The monoisotopic (exact) mass is 340 g/mol. The van der Waals surface area contributed by atoms with Gasteiger partial charge in [-0.25, -0.2) is 4.98 Å². The zero-order valence-electron chi connectivity index (χ0n) is 9.08. The number of halogens is 4. The first-order chi connectivity index (χ1) is 8.43. The van der Waals surface area contributed by atoms with Gasteiger partial charge < -0.3 is 9.73 Å². The van der Waals surface area contributed by atoms with Gasteiger partial charge in [0.25, 0.3) is 0 Å². The van der Waals surface area contributed by atoms with Gasteiger partial charge in [0.05, 0.1) is 12.3 Å². The molecule has 2 heterocycles. The molecule has 1 N–H and O–H groups in total. The molecule has 3 nitrogen and oxygen atoms in total. The molecule has 18 heavy (non-hydrogen) atoms. The molecule has 0 aliphatic heterocycles. The molecule has 98 valence electrons. The van der Waals surface area contributed by atoms with Crippen LogP contribution in [0.4, 0.5) is 13.2 Å². The predicted octanol–water partition coefficient (Wildman–Crippen LogP) is 3.83. The van der Waals surface area contributed by atoms with Crippen LogP contribution in [0.1, 0.15) is 21.5 Å². The largest absolute Gasteiger partial charge is 0.457 e. The summed E-state index contributed by atoms with van der Waals surface area (Å²) in [6.07, 6.45) is -1.71. The first-order valence-electron chi connectivity index (χ1n) is 4.86. The van der Waals surface area contributed by atoms with E-state index in [9.17, 15) is 13.2 Å². The average Bonchev–Trinajstić information content (AvgIpc) is 2.89. The summed E-state index contributed by atoms with van der Waals surface area (Å²) in [5, 5.41) is 2.09. The maximum atomic E-state index is 12.5. The summed E-state index contributed by atoms with van der Waals surface area (Å²) in [5.41, 5.74) is 0.731. The fourth-order valence-electron chi connectivity index (χ4n) is 1.51. The Kier molecular flexibility index (Phi) is 3.79. The minimum absolute atomic E-state index is 0.383. The number of nitrogens with zero attached hydrogens (tertiary/aromatic N) is 1. The highest BCUT2D eigenvalue weighted by Gasteiger charge is 2.35. The number of nitrogens with one attached hydrogen (secondary N) is 1. The first-order valence-corrected chi connectivity index (χ1v) is 6.47. The Balaban J connectivity index is 2.35. The van der Waals surface area contributed by atoms with Crippen molar-refractivity contribution in [1.82, 2.24) is 10.3 Å². The number of alkyl halides is 3. The highest BCUT2D eigenvalue weighted by molar-refractivity contribution is 9.10. The van der Waals surface area contributed by atoms with Gasteiger partial charge in [0, 0.05) is 16.6 Å². The highest BCUT2D eigenvalue weighted by atomic mass is 79.9. The number of thiazole rings is 1. The van der Waals surface area contributed by atoms with Crippen LogP contribution in [0.5, 0.6) is 0 Å². The second kappa shape index (κ2) is 5.02. The van der Waals surface area contributed by atoms with E-state index in [1.807, 2.05) is 0 Å². The van der Waals surface area contributed by atoms with Gasteiger partial charge in [0.15, 0.2) is 9.68 Å². The van der Waals surface area contributed by atoms with E-state index >= 15 is 0 Å². The van der Waals surface area contributed by atoms with Crippen LogP contribution in [0.25, 0.3) is 0 Å². The number of hydrogen-bond donors (Lipinski definition) is 1. The third-order valence-electron chi connectivity index (χ3n) is 2.30. The summed E-state index contributed by atoms with van der Waals surface area (Å²) in [7, 11) is 1.66. The quantitative estimate of drug-likeness (QED) is 0.922. The lowest BCUT2D eigenvalue weighted by atomic mass is 10.1. The van der Waals surface area contributed by atoms with E-state index in [1.165, 1.54) is 12.5 Å². The number of furan rings is 1. The molecule has 1 atom stereocenters. The molecule has 0 bridgehead atoms. The normalized spacial score (nSPS) is 13.8. The van der Waals surface area contributed by atoms with Crippen molar-refractivity contribution in [3.05, 3.63) is 38.6 Å². The molecule has 1 unspecified atom stereocenters. The third-order valence-corrected chi connectivity index (χ3v) is 4.05. The van der Waals surface area contributed by atoms with Gasteiger partial charge >= 0.3 is 6.18 Å². The van der Waals surface area contributed by atoms with Gasteiger partial charge in [-0.3, -0.25) is 0 Å². The van der Waals surface area contributed by atoms with Crippen molar-refractivity contribution in [1.29, 1.82) is 0 Å². The summed E-state index contributed by atoms with van der Waals surface area (Å²) < 4.78 is 43.0. The van der Waals surface area contributed by atoms with Gasteiger partial charge in [0.1, 0.15) is 0 Å². The van der Waals surface area contributed by atoms with Crippen LogP contribution in [0.2, 0.25) is 0 Å². The fraction of sp³-hybridized carbons (Fsp3) is 0.300. The lowest BCUT2D eigenvalue weighted by Gasteiger charge is -2.12. The van der Waals surface area contributed by atoms with Crippen molar-refractivity contribution in [3.8, 4) is 0 Å². The molecular formula is C10H8BrF3N2OS. The van der Waals surface area contributed by atoms with Gasteiger partial charge in [0.2, 0.25) is 0 Å². The molecular weight excluding hydrogens is 333 g/mol. The van der Waals surface area contributed by atoms with Gasteiger partial charge in [-0.15, -0.1) is 11.3 Å². The van der Waals surface area contributed by atoms with Crippen molar-refractivity contribution in [2.75, 3.05) is 7.05 Å². The Morgan fingerprint density at radius 3 is 2.67 bits per heavy atom. The SMILES string of the molecule is CNC(c1cnc(C(F)(F)F)s1)c1ccoc1Br. The average molecular weight is 341 g/mol. The van der Waals surface area contributed by atoms with Crippen LogP contribution in [0.3, 0.4) is 0 Å². The third kappa shape index (κ3) is 2.60.